The summed E-state index contributed by atoms with van der Waals surface area (Å²) in [6.07, 6.45) is 5.57. The zero-order valence-electron chi connectivity index (χ0n) is 16.9. The first-order chi connectivity index (χ1) is 14.1. The summed E-state index contributed by atoms with van der Waals surface area (Å²) in [5.74, 6) is 0.689. The van der Waals surface area contributed by atoms with Crippen molar-refractivity contribution in [3.8, 4) is 11.1 Å². The zero-order valence-corrected chi connectivity index (χ0v) is 16.9. The molecule has 148 valence electrons. The molecule has 0 aliphatic carbocycles. The smallest absolute Gasteiger partial charge is 0.229 e. The van der Waals surface area contributed by atoms with Crippen LogP contribution < -0.4 is 10.2 Å². The Bertz CT molecular complexity index is 965. The Hall–Kier alpha value is -3.21. The number of benzene rings is 2. The van der Waals surface area contributed by atoms with Crippen molar-refractivity contribution in [3.63, 3.8) is 0 Å². The third-order valence-corrected chi connectivity index (χ3v) is 5.42. The van der Waals surface area contributed by atoms with Crippen LogP contribution in [0.3, 0.4) is 0 Å². The molecule has 0 bridgehead atoms. The van der Waals surface area contributed by atoms with Crippen molar-refractivity contribution in [3.05, 3.63) is 72.1 Å². The van der Waals surface area contributed by atoms with Gasteiger partial charge in [0.25, 0.3) is 0 Å². The molecule has 1 aliphatic rings. The zero-order chi connectivity index (χ0) is 20.2. The molecule has 5 nitrogen and oxygen atoms in total. The molecule has 5 heteroatoms. The number of aromatic nitrogens is 2. The van der Waals surface area contributed by atoms with E-state index in [1.165, 1.54) is 11.1 Å². The number of anilines is 2. The molecule has 3 aromatic rings. The molecular weight excluding hydrogens is 360 g/mol. The molecular formula is C24H26N4O. The monoisotopic (exact) mass is 386 g/mol. The average Bonchev–Trinajstić information content (AvgIpc) is 2.76. The lowest BCUT2D eigenvalue weighted by Gasteiger charge is -2.32. The molecule has 29 heavy (non-hydrogen) atoms. The van der Waals surface area contributed by atoms with Crippen molar-refractivity contribution in [1.82, 2.24) is 9.97 Å². The molecule has 2 aromatic carbocycles. The summed E-state index contributed by atoms with van der Waals surface area (Å²) in [5.41, 5.74) is 5.36. The van der Waals surface area contributed by atoms with Crippen molar-refractivity contribution in [2.75, 3.05) is 23.3 Å². The van der Waals surface area contributed by atoms with Crippen LogP contribution >= 0.6 is 0 Å². The molecule has 1 amide bonds. The van der Waals surface area contributed by atoms with Gasteiger partial charge in [0.2, 0.25) is 11.9 Å². The quantitative estimate of drug-likeness (QED) is 0.711. The summed E-state index contributed by atoms with van der Waals surface area (Å²) in [7, 11) is 0. The molecule has 1 saturated heterocycles. The third kappa shape index (κ3) is 4.62. The van der Waals surface area contributed by atoms with Crippen molar-refractivity contribution in [1.29, 1.82) is 0 Å². The molecule has 1 atom stereocenters. The van der Waals surface area contributed by atoms with Crippen LogP contribution in [-0.4, -0.2) is 29.0 Å². The van der Waals surface area contributed by atoms with Crippen LogP contribution in [0.25, 0.3) is 11.1 Å². The first-order valence-corrected chi connectivity index (χ1v) is 10.1. The molecule has 1 aromatic heterocycles. The van der Waals surface area contributed by atoms with E-state index < -0.39 is 0 Å². The Morgan fingerprint density at radius 2 is 1.55 bits per heavy atom. The minimum atomic E-state index is -0.0644. The van der Waals surface area contributed by atoms with Gasteiger partial charge in [-0.3, -0.25) is 4.79 Å². The minimum Gasteiger partial charge on any atom is -0.340 e. The van der Waals surface area contributed by atoms with Crippen molar-refractivity contribution in [2.45, 2.75) is 26.7 Å². The van der Waals surface area contributed by atoms with Crippen LogP contribution in [0.4, 0.5) is 11.6 Å². The first-order valence-electron chi connectivity index (χ1n) is 10.1. The van der Waals surface area contributed by atoms with Gasteiger partial charge in [0.15, 0.2) is 0 Å². The van der Waals surface area contributed by atoms with E-state index in [2.05, 4.69) is 51.4 Å². The van der Waals surface area contributed by atoms with E-state index in [4.69, 9.17) is 0 Å². The highest BCUT2D eigenvalue weighted by Crippen LogP contribution is 2.24. The van der Waals surface area contributed by atoms with Gasteiger partial charge in [-0.1, -0.05) is 47.5 Å². The van der Waals surface area contributed by atoms with Gasteiger partial charge in [-0.2, -0.15) is 0 Å². The van der Waals surface area contributed by atoms with Gasteiger partial charge >= 0.3 is 0 Å². The molecule has 0 radical (unpaired) electrons. The number of hydrogen-bond donors (Lipinski definition) is 1. The summed E-state index contributed by atoms with van der Waals surface area (Å²) in [4.78, 5) is 24.0. The van der Waals surface area contributed by atoms with Gasteiger partial charge in [-0.15, -0.1) is 0 Å². The number of aryl methyl sites for hydroxylation is 2. The number of hydrogen-bond acceptors (Lipinski definition) is 4. The highest BCUT2D eigenvalue weighted by molar-refractivity contribution is 5.93. The van der Waals surface area contributed by atoms with Gasteiger partial charge in [-0.05, 0) is 44.4 Å². The Morgan fingerprint density at radius 3 is 2.21 bits per heavy atom. The van der Waals surface area contributed by atoms with Crippen LogP contribution in [0.1, 0.15) is 24.0 Å². The number of piperidine rings is 1. The first kappa shape index (κ1) is 19.1. The fraction of sp³-hybridized carbons (Fsp3) is 0.292. The van der Waals surface area contributed by atoms with Crippen LogP contribution in [0.15, 0.2) is 60.9 Å². The maximum absolute atomic E-state index is 12.7. The van der Waals surface area contributed by atoms with E-state index in [0.29, 0.717) is 12.5 Å². The number of nitrogens with zero attached hydrogens (tertiary/aromatic N) is 3. The molecule has 4 rings (SSSR count). The standard InChI is InChI=1S/C24H26N4O/c1-17-5-9-19(10-6-17)21-14-25-24(26-15-21)28-13-3-4-20(16-28)23(29)27-22-11-7-18(2)8-12-22/h5-12,14-15,20H,3-4,13,16H2,1-2H3,(H,27,29). The summed E-state index contributed by atoms with van der Waals surface area (Å²) in [5, 5.41) is 3.04. The summed E-state index contributed by atoms with van der Waals surface area (Å²) < 4.78 is 0. The fourth-order valence-corrected chi connectivity index (χ4v) is 3.63. The van der Waals surface area contributed by atoms with E-state index >= 15 is 0 Å². The van der Waals surface area contributed by atoms with Crippen LogP contribution in [-0.2, 0) is 4.79 Å². The third-order valence-electron chi connectivity index (χ3n) is 5.42. The number of amides is 1. The maximum Gasteiger partial charge on any atom is 0.229 e. The lowest BCUT2D eigenvalue weighted by molar-refractivity contribution is -0.120. The maximum atomic E-state index is 12.7. The van der Waals surface area contributed by atoms with E-state index in [1.807, 2.05) is 43.6 Å². The fourth-order valence-electron chi connectivity index (χ4n) is 3.63. The average molecular weight is 386 g/mol. The molecule has 1 fully saturated rings. The Balaban J connectivity index is 1.41. The van der Waals surface area contributed by atoms with Crippen LogP contribution in [0, 0.1) is 19.8 Å². The molecule has 0 spiro atoms. The topological polar surface area (TPSA) is 58.1 Å². The Labute approximate surface area is 171 Å². The second kappa shape index (κ2) is 8.43. The summed E-state index contributed by atoms with van der Waals surface area (Å²) in [6, 6.07) is 16.2. The normalized spacial score (nSPS) is 16.5. The van der Waals surface area contributed by atoms with E-state index in [9.17, 15) is 4.79 Å². The molecule has 1 aliphatic heterocycles. The van der Waals surface area contributed by atoms with Gasteiger partial charge < -0.3 is 10.2 Å². The summed E-state index contributed by atoms with van der Waals surface area (Å²) in [6.45, 7) is 5.62. The van der Waals surface area contributed by atoms with E-state index in [1.54, 1.807) is 0 Å². The number of rotatable bonds is 4. The number of nitrogens with one attached hydrogen (secondary N) is 1. The number of carbonyl (C=O) groups is 1. The Morgan fingerprint density at radius 1 is 0.931 bits per heavy atom. The predicted molar refractivity (Wildman–Crippen MR) is 117 cm³/mol. The van der Waals surface area contributed by atoms with Crippen molar-refractivity contribution >= 4 is 17.5 Å². The van der Waals surface area contributed by atoms with Gasteiger partial charge in [0.1, 0.15) is 0 Å². The van der Waals surface area contributed by atoms with Crippen LogP contribution in [0.2, 0.25) is 0 Å². The Kier molecular flexibility index (Phi) is 5.56. The van der Waals surface area contributed by atoms with Crippen LogP contribution in [0.5, 0.6) is 0 Å². The highest BCUT2D eigenvalue weighted by atomic mass is 16.1. The molecule has 1 unspecified atom stereocenters. The molecule has 1 N–H and O–H groups in total. The van der Waals surface area contributed by atoms with Gasteiger partial charge in [-0.25, -0.2) is 9.97 Å². The summed E-state index contributed by atoms with van der Waals surface area (Å²) >= 11 is 0. The molecule has 2 heterocycles. The SMILES string of the molecule is Cc1ccc(NC(=O)C2CCCN(c3ncc(-c4ccc(C)cc4)cn3)C2)cc1. The van der Waals surface area contributed by atoms with Gasteiger partial charge in [0, 0.05) is 36.7 Å². The highest BCUT2D eigenvalue weighted by Gasteiger charge is 2.27. The second-order valence-corrected chi connectivity index (χ2v) is 7.78. The minimum absolute atomic E-state index is 0.0644. The van der Waals surface area contributed by atoms with E-state index in [0.717, 1.165) is 36.2 Å². The number of carbonyl (C=O) groups excluding carboxylic acids is 1. The van der Waals surface area contributed by atoms with Crippen molar-refractivity contribution in [2.24, 2.45) is 5.92 Å². The lowest BCUT2D eigenvalue weighted by Crippen LogP contribution is -2.41. The van der Waals surface area contributed by atoms with Crippen molar-refractivity contribution < 1.29 is 4.79 Å². The largest absolute Gasteiger partial charge is 0.340 e. The molecule has 0 saturated carbocycles. The second-order valence-electron chi connectivity index (χ2n) is 7.78. The van der Waals surface area contributed by atoms with Gasteiger partial charge in [0.05, 0.1) is 5.92 Å². The predicted octanol–water partition coefficient (Wildman–Crippen LogP) is 4.62. The lowest BCUT2D eigenvalue weighted by atomic mass is 9.97. The van der Waals surface area contributed by atoms with E-state index in [-0.39, 0.29) is 11.8 Å².